The highest BCUT2D eigenvalue weighted by Gasteiger charge is 2.27. The molecule has 8 heteroatoms. The zero-order valence-electron chi connectivity index (χ0n) is 14.3. The molecule has 1 aliphatic rings. The number of urea groups is 1. The van der Waals surface area contributed by atoms with Crippen LogP contribution >= 0.6 is 0 Å². The summed E-state index contributed by atoms with van der Waals surface area (Å²) in [4.78, 5) is 40.5. The molecule has 3 N–H and O–H groups in total. The van der Waals surface area contributed by atoms with Gasteiger partial charge in [-0.3, -0.25) is 9.59 Å². The topological polar surface area (TPSA) is 112 Å². The second-order valence-electron chi connectivity index (χ2n) is 6.20. The number of carbonyl (C=O) groups excluding carboxylic acids is 2. The van der Waals surface area contributed by atoms with E-state index in [1.54, 1.807) is 17.2 Å². The predicted molar refractivity (Wildman–Crippen MR) is 92.2 cm³/mol. The van der Waals surface area contributed by atoms with Gasteiger partial charge in [-0.2, -0.15) is 0 Å². The van der Waals surface area contributed by atoms with Gasteiger partial charge < -0.3 is 20.6 Å². The van der Waals surface area contributed by atoms with E-state index in [1.807, 2.05) is 13.0 Å². The molecule has 2 heterocycles. The van der Waals surface area contributed by atoms with Crippen molar-refractivity contribution in [2.45, 2.75) is 32.6 Å². The summed E-state index contributed by atoms with van der Waals surface area (Å²) < 4.78 is 0. The van der Waals surface area contributed by atoms with Crippen LogP contribution in [-0.2, 0) is 9.59 Å². The van der Waals surface area contributed by atoms with Crippen LogP contribution in [0.3, 0.4) is 0 Å². The Balaban J connectivity index is 1.71. The number of rotatable bonds is 6. The largest absolute Gasteiger partial charge is 0.481 e. The molecule has 3 amide bonds. The first-order chi connectivity index (χ1) is 12.0. The van der Waals surface area contributed by atoms with Crippen LogP contribution in [-0.4, -0.2) is 52.5 Å². The van der Waals surface area contributed by atoms with Crippen LogP contribution in [0, 0.1) is 12.8 Å². The highest BCUT2D eigenvalue weighted by molar-refractivity contribution is 5.91. The van der Waals surface area contributed by atoms with Crippen molar-refractivity contribution in [1.82, 2.24) is 15.2 Å². The normalized spacial score (nSPS) is 14.8. The van der Waals surface area contributed by atoms with Crippen molar-refractivity contribution < 1.29 is 19.5 Å². The summed E-state index contributed by atoms with van der Waals surface area (Å²) in [6, 6.07) is 3.46. The number of carboxylic acids is 1. The number of piperidine rings is 1. The minimum Gasteiger partial charge on any atom is -0.481 e. The molecule has 8 nitrogen and oxygen atoms in total. The van der Waals surface area contributed by atoms with Crippen molar-refractivity contribution in [2.24, 2.45) is 5.92 Å². The van der Waals surface area contributed by atoms with Crippen molar-refractivity contribution in [1.29, 1.82) is 0 Å². The van der Waals surface area contributed by atoms with Crippen LogP contribution in [0.2, 0.25) is 0 Å². The number of amides is 3. The molecule has 0 radical (unpaired) electrons. The molecular formula is C17H24N4O4. The molecule has 25 heavy (non-hydrogen) atoms. The number of carbonyl (C=O) groups is 3. The number of anilines is 1. The zero-order valence-corrected chi connectivity index (χ0v) is 14.3. The van der Waals surface area contributed by atoms with Crippen molar-refractivity contribution in [3.8, 4) is 0 Å². The third-order valence-electron chi connectivity index (χ3n) is 4.16. The Bertz CT molecular complexity index is 610. The summed E-state index contributed by atoms with van der Waals surface area (Å²) >= 11 is 0. The van der Waals surface area contributed by atoms with E-state index in [1.165, 1.54) is 0 Å². The first-order valence-electron chi connectivity index (χ1n) is 8.44. The minimum atomic E-state index is -0.871. The molecule has 0 spiro atoms. The number of aryl methyl sites for hydroxylation is 1. The summed E-state index contributed by atoms with van der Waals surface area (Å²) in [5, 5.41) is 14.1. The first-order valence-corrected chi connectivity index (χ1v) is 8.44. The molecule has 2 rings (SSSR count). The highest BCUT2D eigenvalue weighted by atomic mass is 16.4. The van der Waals surface area contributed by atoms with Crippen molar-refractivity contribution in [2.75, 3.05) is 25.0 Å². The molecule has 0 aliphatic carbocycles. The summed E-state index contributed by atoms with van der Waals surface area (Å²) in [5.41, 5.74) is 1.03. The van der Waals surface area contributed by atoms with Crippen molar-refractivity contribution in [3.05, 3.63) is 23.9 Å². The monoisotopic (exact) mass is 348 g/mol. The number of aliphatic carboxylic acids is 1. The molecular weight excluding hydrogens is 324 g/mol. The molecule has 136 valence electrons. The van der Waals surface area contributed by atoms with E-state index < -0.39 is 5.97 Å². The van der Waals surface area contributed by atoms with Gasteiger partial charge in [0.1, 0.15) is 5.82 Å². The van der Waals surface area contributed by atoms with Gasteiger partial charge in [0.2, 0.25) is 5.91 Å². The number of nitrogens with zero attached hydrogens (tertiary/aromatic N) is 2. The standard InChI is InChI=1S/C17H24N4O4/c1-12-4-5-14(19-11-12)20-16(24)13-6-9-21(10-7-13)17(25)18-8-2-3-15(22)23/h4-5,11,13H,2-3,6-10H2,1H3,(H,18,25)(H,22,23)(H,19,20,24). The van der Waals surface area contributed by atoms with Gasteiger partial charge in [-0.25, -0.2) is 9.78 Å². The molecule has 1 aromatic rings. The van der Waals surface area contributed by atoms with Gasteiger partial charge in [0.05, 0.1) is 0 Å². The number of aromatic nitrogens is 1. The lowest BCUT2D eigenvalue weighted by atomic mass is 9.96. The van der Waals surface area contributed by atoms with Gasteiger partial charge in [0, 0.05) is 38.2 Å². The molecule has 0 saturated carbocycles. The Hall–Kier alpha value is -2.64. The van der Waals surface area contributed by atoms with Crippen LogP contribution in [0.25, 0.3) is 0 Å². The summed E-state index contributed by atoms with van der Waals surface area (Å²) in [5.74, 6) is -0.546. The van der Waals surface area contributed by atoms with E-state index in [4.69, 9.17) is 5.11 Å². The number of pyridine rings is 1. The number of hydrogen-bond donors (Lipinski definition) is 3. The van der Waals surface area contributed by atoms with E-state index >= 15 is 0 Å². The van der Waals surface area contributed by atoms with Crippen LogP contribution in [0.15, 0.2) is 18.3 Å². The predicted octanol–water partition coefficient (Wildman–Crippen LogP) is 1.61. The summed E-state index contributed by atoms with van der Waals surface area (Å²) in [6.45, 7) is 3.28. The third kappa shape index (κ3) is 6.06. The lowest BCUT2D eigenvalue weighted by Crippen LogP contribution is -2.46. The number of hydrogen-bond acceptors (Lipinski definition) is 4. The maximum atomic E-state index is 12.3. The molecule has 1 aliphatic heterocycles. The molecule has 0 bridgehead atoms. The van der Waals surface area contributed by atoms with Crippen LogP contribution in [0.4, 0.5) is 10.6 Å². The fraction of sp³-hybridized carbons (Fsp3) is 0.529. The second kappa shape index (κ2) is 9.00. The lowest BCUT2D eigenvalue weighted by molar-refractivity contribution is -0.137. The molecule has 1 fully saturated rings. The lowest BCUT2D eigenvalue weighted by Gasteiger charge is -2.31. The molecule has 0 unspecified atom stereocenters. The number of carboxylic acid groups (broad SMARTS) is 1. The molecule has 0 atom stereocenters. The number of likely N-dealkylation sites (tertiary alicyclic amines) is 1. The van der Waals surface area contributed by atoms with Gasteiger partial charge in [-0.05, 0) is 37.8 Å². The Morgan fingerprint density at radius 2 is 2.00 bits per heavy atom. The average Bonchev–Trinajstić information content (AvgIpc) is 2.60. The summed E-state index contributed by atoms with van der Waals surface area (Å²) in [6.07, 6.45) is 3.34. The Morgan fingerprint density at radius 3 is 2.60 bits per heavy atom. The van der Waals surface area contributed by atoms with Gasteiger partial charge in [0.15, 0.2) is 0 Å². The van der Waals surface area contributed by atoms with Gasteiger partial charge >= 0.3 is 12.0 Å². The highest BCUT2D eigenvalue weighted by Crippen LogP contribution is 2.19. The van der Waals surface area contributed by atoms with Crippen LogP contribution < -0.4 is 10.6 Å². The minimum absolute atomic E-state index is 0.0373. The smallest absolute Gasteiger partial charge is 0.317 e. The van der Waals surface area contributed by atoms with E-state index in [0.717, 1.165) is 5.56 Å². The fourth-order valence-electron chi connectivity index (χ4n) is 2.66. The fourth-order valence-corrected chi connectivity index (χ4v) is 2.66. The third-order valence-corrected chi connectivity index (χ3v) is 4.16. The van der Waals surface area contributed by atoms with Crippen LogP contribution in [0.5, 0.6) is 0 Å². The zero-order chi connectivity index (χ0) is 18.2. The molecule has 1 aromatic heterocycles. The quantitative estimate of drug-likeness (QED) is 0.676. The van der Waals surface area contributed by atoms with Crippen molar-refractivity contribution >= 4 is 23.7 Å². The van der Waals surface area contributed by atoms with Gasteiger partial charge in [-0.1, -0.05) is 6.07 Å². The summed E-state index contributed by atoms with van der Waals surface area (Å²) in [7, 11) is 0. The van der Waals surface area contributed by atoms with E-state index in [2.05, 4.69) is 15.6 Å². The first kappa shape index (κ1) is 18.7. The molecule has 0 aromatic carbocycles. The van der Waals surface area contributed by atoms with Gasteiger partial charge in [0.25, 0.3) is 0 Å². The Kier molecular flexibility index (Phi) is 6.73. The SMILES string of the molecule is Cc1ccc(NC(=O)C2CCN(C(=O)NCCCC(=O)O)CC2)nc1. The Morgan fingerprint density at radius 1 is 1.28 bits per heavy atom. The van der Waals surface area contributed by atoms with Crippen molar-refractivity contribution in [3.63, 3.8) is 0 Å². The maximum Gasteiger partial charge on any atom is 0.317 e. The van der Waals surface area contributed by atoms with Gasteiger partial charge in [-0.15, -0.1) is 0 Å². The maximum absolute atomic E-state index is 12.3. The molecule has 1 saturated heterocycles. The Labute approximate surface area is 146 Å². The van der Waals surface area contributed by atoms with Crippen LogP contribution in [0.1, 0.15) is 31.2 Å². The second-order valence-corrected chi connectivity index (χ2v) is 6.20. The van der Waals surface area contributed by atoms with E-state index in [0.29, 0.717) is 44.7 Å². The number of nitrogens with one attached hydrogen (secondary N) is 2. The average molecular weight is 348 g/mol. The van der Waals surface area contributed by atoms with E-state index in [9.17, 15) is 14.4 Å². The van der Waals surface area contributed by atoms with E-state index in [-0.39, 0.29) is 24.3 Å².